The molecule has 0 unspecified atom stereocenters. The van der Waals surface area contributed by atoms with Crippen molar-refractivity contribution in [2.45, 2.75) is 13.1 Å². The summed E-state index contributed by atoms with van der Waals surface area (Å²) in [7, 11) is 1.40. The molecule has 0 aliphatic heterocycles. The molecule has 0 bridgehead atoms. The van der Waals surface area contributed by atoms with Crippen molar-refractivity contribution in [1.82, 2.24) is 4.98 Å². The maximum absolute atomic E-state index is 13.0. The first-order valence-electron chi connectivity index (χ1n) is 6.31. The van der Waals surface area contributed by atoms with Gasteiger partial charge in [0, 0.05) is 28.7 Å². The molecule has 1 aromatic carbocycles. The third-order valence-corrected chi connectivity index (χ3v) is 3.16. The second-order valence-electron chi connectivity index (χ2n) is 4.67. The summed E-state index contributed by atoms with van der Waals surface area (Å²) in [5, 5.41) is 7.43. The number of aryl methyl sites for hydroxylation is 1. The standard InChI is InChI=1S/C15H14F3N3O/c1-8-3-4-13(22-2)14(21-8)10-5-9(15(16,17)18)6-12(20)11(10)7-19/h3-7,19H,20H2,1-2H3. The lowest BCUT2D eigenvalue weighted by atomic mass is 9.98. The van der Waals surface area contributed by atoms with E-state index in [0.29, 0.717) is 11.4 Å². The molecule has 7 heteroatoms. The Balaban J connectivity index is 2.81. The maximum Gasteiger partial charge on any atom is 0.416 e. The quantitative estimate of drug-likeness (QED) is 0.671. The van der Waals surface area contributed by atoms with Crippen molar-refractivity contribution in [3.63, 3.8) is 0 Å². The van der Waals surface area contributed by atoms with Crippen LogP contribution in [-0.2, 0) is 6.18 Å². The van der Waals surface area contributed by atoms with Gasteiger partial charge in [-0.3, -0.25) is 0 Å². The first kappa shape index (κ1) is 15.8. The Morgan fingerprint density at radius 1 is 1.27 bits per heavy atom. The van der Waals surface area contributed by atoms with Crippen LogP contribution in [0.3, 0.4) is 0 Å². The van der Waals surface area contributed by atoms with Crippen molar-refractivity contribution in [3.05, 3.63) is 41.1 Å². The van der Waals surface area contributed by atoms with Gasteiger partial charge in [0.05, 0.1) is 12.7 Å². The van der Waals surface area contributed by atoms with E-state index < -0.39 is 11.7 Å². The van der Waals surface area contributed by atoms with Crippen molar-refractivity contribution >= 4 is 11.9 Å². The summed E-state index contributed by atoms with van der Waals surface area (Å²) in [5.41, 5.74) is 5.77. The molecule has 3 N–H and O–H groups in total. The van der Waals surface area contributed by atoms with Gasteiger partial charge in [-0.2, -0.15) is 13.2 Å². The molecule has 0 atom stereocenters. The molecular weight excluding hydrogens is 295 g/mol. The Hall–Kier alpha value is -2.57. The number of halogens is 3. The van der Waals surface area contributed by atoms with Gasteiger partial charge < -0.3 is 15.9 Å². The van der Waals surface area contributed by atoms with Crippen LogP contribution in [0.5, 0.6) is 5.75 Å². The smallest absolute Gasteiger partial charge is 0.416 e. The Morgan fingerprint density at radius 2 is 1.95 bits per heavy atom. The minimum atomic E-state index is -4.54. The number of nitrogens with one attached hydrogen (secondary N) is 1. The van der Waals surface area contributed by atoms with E-state index in [2.05, 4.69) is 4.98 Å². The molecule has 0 radical (unpaired) electrons. The summed E-state index contributed by atoms with van der Waals surface area (Å²) < 4.78 is 44.1. The fourth-order valence-corrected chi connectivity index (χ4v) is 2.10. The third kappa shape index (κ3) is 2.88. The minimum absolute atomic E-state index is 0.114. The second-order valence-corrected chi connectivity index (χ2v) is 4.67. The average molecular weight is 309 g/mol. The summed E-state index contributed by atoms with van der Waals surface area (Å²) in [5.74, 6) is 0.312. The number of alkyl halides is 3. The van der Waals surface area contributed by atoms with Crippen LogP contribution in [0.1, 0.15) is 16.8 Å². The van der Waals surface area contributed by atoms with Crippen LogP contribution < -0.4 is 10.5 Å². The Bertz CT molecular complexity index is 727. The van der Waals surface area contributed by atoms with Crippen molar-refractivity contribution in [3.8, 4) is 17.0 Å². The number of hydrogen-bond acceptors (Lipinski definition) is 4. The summed E-state index contributed by atoms with van der Waals surface area (Å²) >= 11 is 0. The highest BCUT2D eigenvalue weighted by atomic mass is 19.4. The number of nitrogens with zero attached hydrogens (tertiary/aromatic N) is 1. The molecule has 2 rings (SSSR count). The molecule has 0 aliphatic rings. The van der Waals surface area contributed by atoms with E-state index in [1.165, 1.54) is 7.11 Å². The van der Waals surface area contributed by atoms with Crippen molar-refractivity contribution in [2.24, 2.45) is 0 Å². The average Bonchev–Trinajstić information content (AvgIpc) is 2.45. The van der Waals surface area contributed by atoms with Crippen LogP contribution in [0.15, 0.2) is 24.3 Å². The van der Waals surface area contributed by atoms with Gasteiger partial charge >= 0.3 is 6.18 Å². The monoisotopic (exact) mass is 309 g/mol. The summed E-state index contributed by atoms with van der Waals surface area (Å²) in [4.78, 5) is 4.24. The Labute approximate surface area is 125 Å². The Kier molecular flexibility index (Phi) is 4.07. The zero-order valence-corrected chi connectivity index (χ0v) is 12.0. The van der Waals surface area contributed by atoms with E-state index >= 15 is 0 Å². The molecular formula is C15H14F3N3O. The SMILES string of the molecule is COc1ccc(C)nc1-c1cc(C(F)(F)F)cc(N)c1C=N. The van der Waals surface area contributed by atoms with Crippen LogP contribution >= 0.6 is 0 Å². The van der Waals surface area contributed by atoms with E-state index in [1.54, 1.807) is 19.1 Å². The highest BCUT2D eigenvalue weighted by Crippen LogP contribution is 2.38. The van der Waals surface area contributed by atoms with Crippen molar-refractivity contribution in [1.29, 1.82) is 5.41 Å². The zero-order chi connectivity index (χ0) is 16.5. The number of nitrogens with two attached hydrogens (primary N) is 1. The predicted octanol–water partition coefficient (Wildman–Crippen LogP) is 3.66. The molecule has 22 heavy (non-hydrogen) atoms. The first-order chi connectivity index (χ1) is 10.3. The highest BCUT2D eigenvalue weighted by Gasteiger charge is 2.32. The molecule has 1 heterocycles. The molecule has 1 aromatic heterocycles. The van der Waals surface area contributed by atoms with Gasteiger partial charge in [0.25, 0.3) is 0 Å². The fourth-order valence-electron chi connectivity index (χ4n) is 2.10. The predicted molar refractivity (Wildman–Crippen MR) is 78.3 cm³/mol. The lowest BCUT2D eigenvalue weighted by Crippen LogP contribution is -2.09. The van der Waals surface area contributed by atoms with E-state index in [1.807, 2.05) is 0 Å². The number of ether oxygens (including phenoxy) is 1. The molecule has 116 valence electrons. The van der Waals surface area contributed by atoms with E-state index in [0.717, 1.165) is 18.3 Å². The molecule has 0 spiro atoms. The van der Waals surface area contributed by atoms with Crippen LogP contribution in [0.2, 0.25) is 0 Å². The van der Waals surface area contributed by atoms with Crippen LogP contribution in [0.4, 0.5) is 18.9 Å². The van der Waals surface area contributed by atoms with Crippen LogP contribution in [0.25, 0.3) is 11.3 Å². The van der Waals surface area contributed by atoms with E-state index in [-0.39, 0.29) is 22.5 Å². The molecule has 0 fully saturated rings. The molecule has 0 saturated carbocycles. The zero-order valence-electron chi connectivity index (χ0n) is 12.0. The number of hydrogen-bond donors (Lipinski definition) is 2. The largest absolute Gasteiger partial charge is 0.494 e. The lowest BCUT2D eigenvalue weighted by Gasteiger charge is -2.15. The Morgan fingerprint density at radius 3 is 2.50 bits per heavy atom. The van der Waals surface area contributed by atoms with Gasteiger partial charge in [-0.15, -0.1) is 0 Å². The molecule has 2 aromatic rings. The molecule has 0 amide bonds. The van der Waals surface area contributed by atoms with E-state index in [4.69, 9.17) is 15.9 Å². The van der Waals surface area contributed by atoms with Crippen LogP contribution in [-0.4, -0.2) is 18.3 Å². The lowest BCUT2D eigenvalue weighted by molar-refractivity contribution is -0.137. The third-order valence-electron chi connectivity index (χ3n) is 3.16. The van der Waals surface area contributed by atoms with Gasteiger partial charge in [0.1, 0.15) is 11.4 Å². The second kappa shape index (κ2) is 5.67. The van der Waals surface area contributed by atoms with Crippen LogP contribution in [0, 0.1) is 12.3 Å². The summed E-state index contributed by atoms with van der Waals surface area (Å²) in [6, 6.07) is 5.04. The molecule has 0 aliphatic carbocycles. The molecule has 0 saturated heterocycles. The van der Waals surface area contributed by atoms with Gasteiger partial charge in [-0.25, -0.2) is 4.98 Å². The van der Waals surface area contributed by atoms with Gasteiger partial charge in [0.2, 0.25) is 0 Å². The number of anilines is 1. The van der Waals surface area contributed by atoms with E-state index in [9.17, 15) is 13.2 Å². The molecule has 4 nitrogen and oxygen atoms in total. The van der Waals surface area contributed by atoms with Gasteiger partial charge in [-0.1, -0.05) is 0 Å². The summed E-state index contributed by atoms with van der Waals surface area (Å²) in [6.07, 6.45) is -3.63. The highest BCUT2D eigenvalue weighted by molar-refractivity contribution is 5.95. The number of aromatic nitrogens is 1. The number of benzene rings is 1. The number of methoxy groups -OCH3 is 1. The van der Waals surface area contributed by atoms with Gasteiger partial charge in [-0.05, 0) is 31.2 Å². The minimum Gasteiger partial charge on any atom is -0.494 e. The van der Waals surface area contributed by atoms with Crippen molar-refractivity contribution in [2.75, 3.05) is 12.8 Å². The fraction of sp³-hybridized carbons (Fsp3) is 0.200. The number of nitrogen functional groups attached to an aromatic ring is 1. The number of rotatable bonds is 3. The topological polar surface area (TPSA) is 72.0 Å². The first-order valence-corrected chi connectivity index (χ1v) is 6.31. The summed E-state index contributed by atoms with van der Waals surface area (Å²) in [6.45, 7) is 1.71. The number of pyridine rings is 1. The van der Waals surface area contributed by atoms with Gasteiger partial charge in [0.15, 0.2) is 0 Å². The van der Waals surface area contributed by atoms with Crippen molar-refractivity contribution < 1.29 is 17.9 Å². The normalized spacial score (nSPS) is 11.3. The maximum atomic E-state index is 13.0.